The molecule has 10 heteroatoms. The summed E-state index contributed by atoms with van der Waals surface area (Å²) in [5.41, 5.74) is 0.529. The van der Waals surface area contributed by atoms with E-state index in [1.165, 1.54) is 43.0 Å². The summed E-state index contributed by atoms with van der Waals surface area (Å²) in [5.74, 6) is -0.610. The Hall–Kier alpha value is -3.53. The van der Waals surface area contributed by atoms with Crippen molar-refractivity contribution < 1.29 is 13.9 Å². The van der Waals surface area contributed by atoms with Crippen LogP contribution >= 0.6 is 15.9 Å². The normalized spacial score (nSPS) is 12.3. The maximum absolute atomic E-state index is 13.8. The van der Waals surface area contributed by atoms with E-state index in [0.717, 1.165) is 10.1 Å². The summed E-state index contributed by atoms with van der Waals surface area (Å²) >= 11 is 3.34. The molecule has 0 aliphatic heterocycles. The molecule has 0 saturated carbocycles. The van der Waals surface area contributed by atoms with E-state index in [0.29, 0.717) is 16.1 Å². The first-order valence-corrected chi connectivity index (χ1v) is 11.1. The molecule has 0 amide bonds. The lowest BCUT2D eigenvalue weighted by molar-refractivity contribution is -0.116. The minimum absolute atomic E-state index is 0.109. The zero-order valence-electron chi connectivity index (χ0n) is 19.3. The van der Waals surface area contributed by atoms with Gasteiger partial charge in [-0.25, -0.2) is 14.2 Å². The van der Waals surface area contributed by atoms with Crippen molar-refractivity contribution in [1.29, 1.82) is 0 Å². The lowest BCUT2D eigenvalue weighted by atomic mass is 10.1. The molecule has 2 aromatic heterocycles. The van der Waals surface area contributed by atoms with Crippen molar-refractivity contribution >= 4 is 32.9 Å². The third-order valence-electron chi connectivity index (χ3n) is 5.46. The van der Waals surface area contributed by atoms with Gasteiger partial charge in [-0.2, -0.15) is 0 Å². The number of imidazole rings is 1. The second kappa shape index (κ2) is 10.2. The number of methoxy groups -OCH3 is 1. The van der Waals surface area contributed by atoms with Crippen LogP contribution in [0.5, 0.6) is 0 Å². The van der Waals surface area contributed by atoms with E-state index in [9.17, 15) is 18.8 Å². The number of hydrogen-bond acceptors (Lipinski definition) is 5. The van der Waals surface area contributed by atoms with Gasteiger partial charge in [-0.15, -0.1) is 0 Å². The molecule has 0 fully saturated rings. The highest BCUT2D eigenvalue weighted by molar-refractivity contribution is 9.10. The second-order valence-electron chi connectivity index (χ2n) is 7.54. The molecular formula is C24H24BrFN4O4. The van der Waals surface area contributed by atoms with Crippen LogP contribution in [-0.2, 0) is 29.7 Å². The average molecular weight is 531 g/mol. The molecule has 0 aliphatic carbocycles. The molecule has 0 N–H and O–H groups in total. The molecule has 3 rings (SSSR count). The van der Waals surface area contributed by atoms with Crippen LogP contribution in [0.4, 0.5) is 4.39 Å². The van der Waals surface area contributed by atoms with Crippen LogP contribution in [0.2, 0.25) is 0 Å². The highest BCUT2D eigenvalue weighted by Crippen LogP contribution is 2.21. The van der Waals surface area contributed by atoms with Crippen molar-refractivity contribution in [3.63, 3.8) is 0 Å². The number of fused-ring (bicyclic) bond motifs is 1. The van der Waals surface area contributed by atoms with Crippen LogP contribution in [0, 0.1) is 12.7 Å². The fourth-order valence-corrected chi connectivity index (χ4v) is 4.12. The van der Waals surface area contributed by atoms with Crippen molar-refractivity contribution in [2.45, 2.75) is 26.9 Å². The molecule has 178 valence electrons. The van der Waals surface area contributed by atoms with E-state index >= 15 is 0 Å². The lowest BCUT2D eigenvalue weighted by Crippen LogP contribution is -2.41. The van der Waals surface area contributed by atoms with E-state index in [1.807, 2.05) is 6.92 Å². The summed E-state index contributed by atoms with van der Waals surface area (Å²) in [6.07, 6.45) is 4.49. The highest BCUT2D eigenvalue weighted by atomic mass is 79.9. The van der Waals surface area contributed by atoms with Crippen molar-refractivity contribution in [3.8, 4) is 0 Å². The SMILES string of the molecule is C=C/C=C(C(=O)Cn1c(=O)c2c(nc(Br)n2Cc2cc(F)ccc2C)n(C)c1=O)\C(=C/C)OC. The minimum atomic E-state index is -0.692. The van der Waals surface area contributed by atoms with Crippen molar-refractivity contribution in [2.24, 2.45) is 7.05 Å². The number of benzene rings is 1. The van der Waals surface area contributed by atoms with Gasteiger partial charge in [0.2, 0.25) is 0 Å². The molecule has 2 heterocycles. The van der Waals surface area contributed by atoms with E-state index in [-0.39, 0.29) is 23.3 Å². The minimum Gasteiger partial charge on any atom is -0.496 e. The van der Waals surface area contributed by atoms with E-state index < -0.39 is 29.4 Å². The Morgan fingerprint density at radius 1 is 1.29 bits per heavy atom. The van der Waals surface area contributed by atoms with Gasteiger partial charge in [-0.05, 0) is 65.2 Å². The van der Waals surface area contributed by atoms with Gasteiger partial charge in [-0.1, -0.05) is 18.7 Å². The molecule has 1 aromatic carbocycles. The fraction of sp³-hybridized carbons (Fsp3) is 0.250. The van der Waals surface area contributed by atoms with Gasteiger partial charge >= 0.3 is 5.69 Å². The zero-order chi connectivity index (χ0) is 25.2. The lowest BCUT2D eigenvalue weighted by Gasteiger charge is -2.13. The Kier molecular flexibility index (Phi) is 7.51. The topological polar surface area (TPSA) is 88.1 Å². The summed E-state index contributed by atoms with van der Waals surface area (Å²) in [7, 11) is 2.89. The molecule has 0 unspecified atom stereocenters. The Morgan fingerprint density at radius 2 is 2.00 bits per heavy atom. The summed E-state index contributed by atoms with van der Waals surface area (Å²) in [5, 5.41) is 0. The van der Waals surface area contributed by atoms with Gasteiger partial charge in [0.25, 0.3) is 5.56 Å². The molecular weight excluding hydrogens is 507 g/mol. The standard InChI is InChI=1S/C24H24BrFN4O4/c1-6-8-17(19(7-2)34-5)18(31)13-30-22(32)20-21(28(4)24(30)33)27-23(25)29(20)12-15-11-16(26)10-9-14(15)3/h6-11H,1,12-13H2,2-5H3/b17-8-,19-7+. The maximum Gasteiger partial charge on any atom is 0.332 e. The number of Topliss-reactive ketones (excluding diaryl/α,β-unsaturated/α-hetero) is 1. The molecule has 0 atom stereocenters. The summed E-state index contributed by atoms with van der Waals surface area (Å²) in [6, 6.07) is 4.38. The third kappa shape index (κ3) is 4.58. The predicted octanol–water partition coefficient (Wildman–Crippen LogP) is 3.39. The molecule has 0 bridgehead atoms. The highest BCUT2D eigenvalue weighted by Gasteiger charge is 2.23. The van der Waals surface area contributed by atoms with Gasteiger partial charge in [0.05, 0.1) is 25.8 Å². The molecule has 0 spiro atoms. The quantitative estimate of drug-likeness (QED) is 0.193. The van der Waals surface area contributed by atoms with Crippen LogP contribution in [-0.4, -0.2) is 31.6 Å². The average Bonchev–Trinajstić information content (AvgIpc) is 3.13. The number of rotatable bonds is 8. The number of aromatic nitrogens is 4. The summed E-state index contributed by atoms with van der Waals surface area (Å²) in [6.45, 7) is 6.76. The van der Waals surface area contributed by atoms with Gasteiger partial charge in [0.1, 0.15) is 11.6 Å². The van der Waals surface area contributed by atoms with Crippen LogP contribution in [0.25, 0.3) is 11.2 Å². The van der Waals surface area contributed by atoms with Crippen LogP contribution in [0.3, 0.4) is 0 Å². The zero-order valence-corrected chi connectivity index (χ0v) is 20.8. The molecule has 0 aliphatic rings. The Bertz CT molecular complexity index is 1480. The van der Waals surface area contributed by atoms with Gasteiger partial charge < -0.3 is 9.30 Å². The molecule has 0 radical (unpaired) electrons. The molecule has 3 aromatic rings. The van der Waals surface area contributed by atoms with Gasteiger partial charge in [0.15, 0.2) is 21.7 Å². The Morgan fingerprint density at radius 3 is 2.62 bits per heavy atom. The van der Waals surface area contributed by atoms with Gasteiger partial charge in [0, 0.05) is 7.05 Å². The number of allylic oxidation sites excluding steroid dienone is 4. The maximum atomic E-state index is 13.8. The second-order valence-corrected chi connectivity index (χ2v) is 8.25. The number of ketones is 1. The molecule has 8 nitrogen and oxygen atoms in total. The van der Waals surface area contributed by atoms with Gasteiger partial charge in [-0.3, -0.25) is 18.7 Å². The fourth-order valence-electron chi connectivity index (χ4n) is 3.65. The van der Waals surface area contributed by atoms with E-state index in [1.54, 1.807) is 23.6 Å². The Labute approximate surface area is 203 Å². The predicted molar refractivity (Wildman–Crippen MR) is 131 cm³/mol. The van der Waals surface area contributed by atoms with Crippen molar-refractivity contribution in [1.82, 2.24) is 18.7 Å². The number of ether oxygens (including phenoxy) is 1. The van der Waals surface area contributed by atoms with Crippen LogP contribution in [0.1, 0.15) is 18.1 Å². The largest absolute Gasteiger partial charge is 0.496 e. The molecule has 0 saturated heterocycles. The number of nitrogens with zero attached hydrogens (tertiary/aromatic N) is 4. The smallest absolute Gasteiger partial charge is 0.332 e. The molecule has 34 heavy (non-hydrogen) atoms. The number of carbonyl (C=O) groups excluding carboxylic acids is 1. The number of carbonyl (C=O) groups is 1. The van der Waals surface area contributed by atoms with E-state index in [2.05, 4.69) is 27.5 Å². The monoisotopic (exact) mass is 530 g/mol. The first-order valence-electron chi connectivity index (χ1n) is 10.3. The number of halogens is 2. The first kappa shape index (κ1) is 25.1. The van der Waals surface area contributed by atoms with Crippen LogP contribution in [0.15, 0.2) is 68.7 Å². The number of hydrogen-bond donors (Lipinski definition) is 0. The first-order chi connectivity index (χ1) is 16.1. The summed E-state index contributed by atoms with van der Waals surface area (Å²) in [4.78, 5) is 43.8. The van der Waals surface area contributed by atoms with Crippen molar-refractivity contribution in [3.05, 3.63) is 96.9 Å². The van der Waals surface area contributed by atoms with Crippen molar-refractivity contribution in [2.75, 3.05) is 7.11 Å². The summed E-state index contributed by atoms with van der Waals surface area (Å²) < 4.78 is 23.0. The van der Waals surface area contributed by atoms with Crippen LogP contribution < -0.4 is 11.2 Å². The third-order valence-corrected chi connectivity index (χ3v) is 6.07. The number of aryl methyl sites for hydroxylation is 2. The van der Waals surface area contributed by atoms with E-state index in [4.69, 9.17) is 4.74 Å². The Balaban J connectivity index is 2.19.